The average Bonchev–Trinajstić information content (AvgIpc) is 3.50. The van der Waals surface area contributed by atoms with Crippen LogP contribution in [0.3, 0.4) is 0 Å². The highest BCUT2D eigenvalue weighted by molar-refractivity contribution is 8.08. The molecule has 2 aromatic heterocycles. The van der Waals surface area contributed by atoms with Crippen LogP contribution in [0.4, 0.5) is 18.9 Å². The molecule has 0 radical (unpaired) electrons. The van der Waals surface area contributed by atoms with E-state index in [9.17, 15) is 18.0 Å². The lowest BCUT2D eigenvalue weighted by molar-refractivity contribution is -0.685. The van der Waals surface area contributed by atoms with Crippen molar-refractivity contribution in [3.63, 3.8) is 0 Å². The molecule has 3 heterocycles. The summed E-state index contributed by atoms with van der Waals surface area (Å²) in [4.78, 5) is 16.6. The van der Waals surface area contributed by atoms with E-state index in [1.165, 1.54) is 34.8 Å². The largest absolute Gasteiger partial charge is 1.00 e. The van der Waals surface area contributed by atoms with Crippen LogP contribution in [-0.2, 0) is 19.3 Å². The molecule has 0 aliphatic carbocycles. The molecule has 0 amide bonds. The number of rotatable bonds is 4. The van der Waals surface area contributed by atoms with Crippen molar-refractivity contribution in [3.05, 3.63) is 95.3 Å². The predicted molar refractivity (Wildman–Crippen MR) is 141 cm³/mol. The molecule has 0 saturated carbocycles. The molecule has 2 aromatic carbocycles. The third-order valence-electron chi connectivity index (χ3n) is 6.03. The average molecular weight is 582 g/mol. The number of halogens is 4. The summed E-state index contributed by atoms with van der Waals surface area (Å²) < 4.78 is 45.5. The van der Waals surface area contributed by atoms with E-state index in [0.717, 1.165) is 36.9 Å². The topological polar surface area (TPSA) is 29.1 Å². The first-order valence-corrected chi connectivity index (χ1v) is 13.8. The number of alkyl halides is 3. The van der Waals surface area contributed by atoms with Gasteiger partial charge < -0.3 is 17.3 Å². The van der Waals surface area contributed by atoms with Crippen LogP contribution >= 0.6 is 34.4 Å². The SMILES string of the molecule is CCn1c(=O)/c(=C2\Sc3ccc(C)cc3N2C)s/c1=C\c1scc[n+]1Cc1ccccc1C(F)(F)F.[Cl-]. The van der Waals surface area contributed by atoms with Gasteiger partial charge >= 0.3 is 6.18 Å². The maximum Gasteiger partial charge on any atom is 0.416 e. The molecule has 11 heteroatoms. The van der Waals surface area contributed by atoms with Crippen LogP contribution in [0.15, 0.2) is 63.7 Å². The molecule has 1 aliphatic rings. The van der Waals surface area contributed by atoms with Gasteiger partial charge in [-0.1, -0.05) is 47.4 Å². The van der Waals surface area contributed by atoms with Gasteiger partial charge in [-0.25, -0.2) is 0 Å². The van der Waals surface area contributed by atoms with Crippen molar-refractivity contribution < 1.29 is 30.1 Å². The van der Waals surface area contributed by atoms with Crippen LogP contribution in [-0.4, -0.2) is 11.6 Å². The Bertz CT molecular complexity index is 1640. The van der Waals surface area contributed by atoms with E-state index < -0.39 is 11.7 Å². The maximum atomic E-state index is 13.5. The van der Waals surface area contributed by atoms with E-state index in [-0.39, 0.29) is 30.1 Å². The lowest BCUT2D eigenvalue weighted by Gasteiger charge is -2.12. The number of nitrogens with zero attached hydrogens (tertiary/aromatic N) is 3. The summed E-state index contributed by atoms with van der Waals surface area (Å²) in [5, 5.41) is 3.52. The van der Waals surface area contributed by atoms with Gasteiger partial charge in [0, 0.05) is 24.1 Å². The summed E-state index contributed by atoms with van der Waals surface area (Å²) in [6.07, 6.45) is -0.737. The second-order valence-corrected chi connectivity index (χ2v) is 11.4. The second-order valence-electron chi connectivity index (χ2n) is 8.42. The molecular formula is C26H23ClF3N3OS3. The lowest BCUT2D eigenvalue weighted by atomic mass is 10.1. The molecule has 1 aliphatic heterocycles. The number of fused-ring (bicyclic) bond motifs is 1. The first-order chi connectivity index (χ1) is 17.2. The molecule has 0 bridgehead atoms. The van der Waals surface area contributed by atoms with Crippen molar-refractivity contribution in [1.29, 1.82) is 0 Å². The van der Waals surface area contributed by atoms with E-state index in [1.54, 1.807) is 33.2 Å². The monoisotopic (exact) mass is 581 g/mol. The van der Waals surface area contributed by atoms with Gasteiger partial charge in [0.1, 0.15) is 14.2 Å². The van der Waals surface area contributed by atoms with Crippen LogP contribution in [0.25, 0.3) is 11.1 Å². The van der Waals surface area contributed by atoms with Crippen LogP contribution in [0.2, 0.25) is 0 Å². The summed E-state index contributed by atoms with van der Waals surface area (Å²) >= 11 is 4.43. The zero-order valence-electron chi connectivity index (χ0n) is 20.2. The van der Waals surface area contributed by atoms with Crippen LogP contribution in [0.5, 0.6) is 0 Å². The molecule has 4 nitrogen and oxygen atoms in total. The quantitative estimate of drug-likeness (QED) is 0.344. The van der Waals surface area contributed by atoms with Gasteiger partial charge in [-0.05, 0) is 37.6 Å². The minimum Gasteiger partial charge on any atom is -1.00 e. The van der Waals surface area contributed by atoms with E-state index in [1.807, 2.05) is 32.4 Å². The van der Waals surface area contributed by atoms with Gasteiger partial charge in [0.2, 0.25) is 0 Å². The molecule has 0 unspecified atom stereocenters. The molecule has 4 aromatic rings. The van der Waals surface area contributed by atoms with Gasteiger partial charge in [0.25, 0.3) is 10.6 Å². The Balaban J connectivity index is 0.00000320. The van der Waals surface area contributed by atoms with Crippen molar-refractivity contribution in [1.82, 2.24) is 4.57 Å². The normalized spacial score (nSPS) is 15.2. The summed E-state index contributed by atoms with van der Waals surface area (Å²) in [5.41, 5.74) is 1.75. The fourth-order valence-corrected chi connectivity index (χ4v) is 7.51. The number of aromatic nitrogens is 2. The highest BCUT2D eigenvalue weighted by Gasteiger charge is 2.34. The van der Waals surface area contributed by atoms with E-state index in [2.05, 4.69) is 23.1 Å². The fourth-order valence-electron chi connectivity index (χ4n) is 4.21. The number of benzene rings is 2. The van der Waals surface area contributed by atoms with E-state index in [4.69, 9.17) is 0 Å². The number of hydrogen-bond acceptors (Lipinski definition) is 5. The standard InChI is InChI=1S/C26H23F3N3OS3.ClH/c1-4-32-22(36-23(24(32)33)25-30(3)19-13-16(2)9-10-20(19)35-25)14-21-31(11-12-34-21)15-17-7-5-6-8-18(17)26(27,28)29;/h5-14H,4,15H2,1-3H3;1H/q+1;/p-1/b25-23+;. The second kappa shape index (κ2) is 10.7. The van der Waals surface area contributed by atoms with Gasteiger partial charge in [-0.3, -0.25) is 9.36 Å². The number of thioether (sulfide) groups is 1. The fraction of sp³-hybridized carbons (Fsp3) is 0.231. The molecule has 0 fully saturated rings. The summed E-state index contributed by atoms with van der Waals surface area (Å²) in [5.74, 6) is 0. The third kappa shape index (κ3) is 5.25. The summed E-state index contributed by atoms with van der Waals surface area (Å²) in [6.45, 7) is 4.55. The molecule has 194 valence electrons. The van der Waals surface area contributed by atoms with E-state index in [0.29, 0.717) is 11.1 Å². The summed E-state index contributed by atoms with van der Waals surface area (Å²) in [7, 11) is 1.97. The number of thiazole rings is 2. The van der Waals surface area contributed by atoms with Gasteiger partial charge in [0.15, 0.2) is 12.7 Å². The van der Waals surface area contributed by atoms with Crippen LogP contribution in [0, 0.1) is 6.92 Å². The molecule has 37 heavy (non-hydrogen) atoms. The molecule has 0 N–H and O–H groups in total. The smallest absolute Gasteiger partial charge is 0.416 e. The van der Waals surface area contributed by atoms with Gasteiger partial charge in [0.05, 0.1) is 22.7 Å². The van der Waals surface area contributed by atoms with Crippen molar-refractivity contribution in [2.75, 3.05) is 11.9 Å². The number of anilines is 1. The van der Waals surface area contributed by atoms with E-state index >= 15 is 0 Å². The Labute approximate surface area is 230 Å². The lowest BCUT2D eigenvalue weighted by Crippen LogP contribution is -3.00. The Morgan fingerprint density at radius 2 is 1.89 bits per heavy atom. The first kappa shape index (κ1) is 27.5. The highest BCUT2D eigenvalue weighted by atomic mass is 35.5. The van der Waals surface area contributed by atoms with Gasteiger partial charge in [-0.15, -0.1) is 11.3 Å². The molecule has 5 rings (SSSR count). The Morgan fingerprint density at radius 3 is 2.62 bits per heavy atom. The first-order valence-electron chi connectivity index (χ1n) is 11.3. The molecule has 0 spiro atoms. The zero-order chi connectivity index (χ0) is 25.6. The number of hydrogen-bond donors (Lipinski definition) is 0. The van der Waals surface area contributed by atoms with Crippen molar-refractivity contribution in [2.45, 2.75) is 38.0 Å². The van der Waals surface area contributed by atoms with Crippen molar-refractivity contribution in [2.24, 2.45) is 0 Å². The van der Waals surface area contributed by atoms with Gasteiger partial charge in [-0.2, -0.15) is 17.7 Å². The van der Waals surface area contributed by atoms with Crippen molar-refractivity contribution in [3.8, 4) is 0 Å². The van der Waals surface area contributed by atoms with Crippen LogP contribution in [0.1, 0.15) is 28.6 Å². The third-order valence-corrected chi connectivity index (χ3v) is 9.37. The molecule has 0 saturated heterocycles. The predicted octanol–water partition coefficient (Wildman–Crippen LogP) is 1.79. The minimum atomic E-state index is -4.42. The van der Waals surface area contributed by atoms with Crippen molar-refractivity contribution >= 4 is 51.2 Å². The zero-order valence-corrected chi connectivity index (χ0v) is 23.4. The molecular weight excluding hydrogens is 559 g/mol. The maximum absolute atomic E-state index is 13.5. The number of aryl methyl sites for hydroxylation is 1. The highest BCUT2D eigenvalue weighted by Crippen LogP contribution is 2.45. The Morgan fingerprint density at radius 1 is 1.14 bits per heavy atom. The Hall–Kier alpha value is -2.53. The summed E-state index contributed by atoms with van der Waals surface area (Å²) in [6, 6.07) is 11.9. The minimum absolute atomic E-state index is 0. The Kier molecular flexibility index (Phi) is 7.94. The van der Waals surface area contributed by atoms with Crippen LogP contribution < -0.4 is 36.6 Å². The molecule has 0 atom stereocenters.